The van der Waals surface area contributed by atoms with Gasteiger partial charge in [0, 0.05) is 36.0 Å². The van der Waals surface area contributed by atoms with Crippen molar-refractivity contribution >= 4 is 17.6 Å². The Bertz CT molecular complexity index is 1470. The number of rotatable bonds is 9. The summed E-state index contributed by atoms with van der Waals surface area (Å²) in [6.45, 7) is 12.1. The van der Waals surface area contributed by atoms with Crippen LogP contribution in [0.15, 0.2) is 66.7 Å². The molecule has 0 aliphatic heterocycles. The Morgan fingerprint density at radius 1 is 0.927 bits per heavy atom. The Hall–Kier alpha value is -4.46. The number of hydrogen-bond acceptors (Lipinski definition) is 6. The summed E-state index contributed by atoms with van der Waals surface area (Å²) < 4.78 is 16.6. The number of aromatic nitrogens is 2. The van der Waals surface area contributed by atoms with Crippen LogP contribution in [0.2, 0.25) is 0 Å². The topological polar surface area (TPSA) is 88.7 Å². The Kier molecular flexibility index (Phi) is 8.91. The summed E-state index contributed by atoms with van der Waals surface area (Å²) in [6, 6.07) is 22.2. The molecule has 0 radical (unpaired) electrons. The first kappa shape index (κ1) is 29.5. The van der Waals surface area contributed by atoms with Gasteiger partial charge < -0.3 is 24.4 Å². The van der Waals surface area contributed by atoms with Crippen LogP contribution in [0.5, 0.6) is 11.5 Å². The molecule has 8 nitrogen and oxygen atoms in total. The Morgan fingerprint density at radius 3 is 2.15 bits per heavy atom. The maximum Gasteiger partial charge on any atom is 0.410 e. The van der Waals surface area contributed by atoms with E-state index in [1.807, 2.05) is 77.9 Å². The van der Waals surface area contributed by atoms with E-state index in [4.69, 9.17) is 14.2 Å². The van der Waals surface area contributed by atoms with Crippen LogP contribution in [-0.4, -0.2) is 47.1 Å². The molecule has 1 aromatic heterocycles. The fourth-order valence-electron chi connectivity index (χ4n) is 4.46. The maximum atomic E-state index is 12.7. The van der Waals surface area contributed by atoms with Crippen LogP contribution in [0.3, 0.4) is 0 Å². The maximum absolute atomic E-state index is 12.7. The van der Waals surface area contributed by atoms with E-state index >= 15 is 0 Å². The van der Waals surface area contributed by atoms with Gasteiger partial charge in [-0.05, 0) is 82.0 Å². The molecule has 8 heteroatoms. The first-order valence-corrected chi connectivity index (χ1v) is 13.7. The lowest BCUT2D eigenvalue weighted by molar-refractivity contribution is 0.0172. The van der Waals surface area contributed by atoms with E-state index in [0.29, 0.717) is 12.4 Å². The third-order valence-electron chi connectivity index (χ3n) is 6.63. The summed E-state index contributed by atoms with van der Waals surface area (Å²) in [7, 11) is 3.33. The lowest BCUT2D eigenvalue weighted by Crippen LogP contribution is -2.40. The van der Waals surface area contributed by atoms with Crippen molar-refractivity contribution in [1.29, 1.82) is 0 Å². The van der Waals surface area contributed by atoms with Crippen LogP contribution in [0.1, 0.15) is 45.7 Å². The number of aromatic amines is 1. The molecule has 0 unspecified atom stereocenters. The predicted molar refractivity (Wildman–Crippen MR) is 164 cm³/mol. The highest BCUT2D eigenvalue weighted by Gasteiger charge is 2.24. The molecule has 0 saturated heterocycles. The molecule has 0 spiro atoms. The van der Waals surface area contributed by atoms with Gasteiger partial charge in [-0.25, -0.2) is 4.79 Å². The molecule has 1 heterocycles. The molecular weight excluding hydrogens is 516 g/mol. The summed E-state index contributed by atoms with van der Waals surface area (Å²) in [4.78, 5) is 14.4. The van der Waals surface area contributed by atoms with Crippen molar-refractivity contribution in [2.24, 2.45) is 0 Å². The van der Waals surface area contributed by atoms with E-state index in [1.165, 1.54) is 0 Å². The number of methoxy groups -OCH3 is 2. The number of aryl methyl sites for hydroxylation is 1. The molecule has 1 amide bonds. The minimum Gasteiger partial charge on any atom is -0.496 e. The number of benzene rings is 3. The summed E-state index contributed by atoms with van der Waals surface area (Å²) in [5.74, 6) is 2.27. The van der Waals surface area contributed by atoms with Gasteiger partial charge in [-0.2, -0.15) is 5.10 Å². The number of hydrogen-bond donors (Lipinski definition) is 2. The van der Waals surface area contributed by atoms with E-state index in [9.17, 15) is 4.79 Å². The normalized spacial score (nSPS) is 11.3. The molecule has 0 bridgehead atoms. The zero-order valence-electron chi connectivity index (χ0n) is 25.2. The molecular formula is C33H40N4O4. The molecule has 2 N–H and O–H groups in total. The van der Waals surface area contributed by atoms with Crippen LogP contribution in [0.4, 0.5) is 16.3 Å². The first-order valence-electron chi connectivity index (χ1n) is 13.7. The van der Waals surface area contributed by atoms with E-state index in [0.717, 1.165) is 50.7 Å². The zero-order chi connectivity index (χ0) is 29.7. The van der Waals surface area contributed by atoms with Gasteiger partial charge in [-0.3, -0.25) is 5.10 Å². The highest BCUT2D eigenvalue weighted by molar-refractivity contribution is 5.76. The average Bonchev–Trinajstić information content (AvgIpc) is 3.39. The van der Waals surface area contributed by atoms with Crippen molar-refractivity contribution in [1.82, 2.24) is 15.1 Å². The highest BCUT2D eigenvalue weighted by atomic mass is 16.6. The summed E-state index contributed by atoms with van der Waals surface area (Å²) in [5.41, 5.74) is 6.41. The minimum atomic E-state index is -0.536. The van der Waals surface area contributed by atoms with E-state index in [-0.39, 0.29) is 12.1 Å². The van der Waals surface area contributed by atoms with Crippen LogP contribution in [-0.2, 0) is 11.3 Å². The molecule has 0 saturated carbocycles. The Balaban J connectivity index is 1.43. The molecule has 216 valence electrons. The largest absolute Gasteiger partial charge is 0.496 e. The fourth-order valence-corrected chi connectivity index (χ4v) is 4.46. The first-order chi connectivity index (χ1) is 19.5. The van der Waals surface area contributed by atoms with Crippen molar-refractivity contribution in [3.05, 3.63) is 77.9 Å². The van der Waals surface area contributed by atoms with Gasteiger partial charge in [-0.15, -0.1) is 0 Å². The summed E-state index contributed by atoms with van der Waals surface area (Å²) in [5, 5.41) is 10.9. The molecule has 0 fully saturated rings. The summed E-state index contributed by atoms with van der Waals surface area (Å²) in [6.07, 6.45) is -0.315. The third kappa shape index (κ3) is 7.39. The van der Waals surface area contributed by atoms with Gasteiger partial charge in [0.25, 0.3) is 0 Å². The fraction of sp³-hybridized carbons (Fsp3) is 0.333. The van der Waals surface area contributed by atoms with Crippen molar-refractivity contribution in [2.45, 2.75) is 59.7 Å². The van der Waals surface area contributed by atoms with E-state index in [2.05, 4.69) is 45.8 Å². The Labute approximate surface area is 242 Å². The molecule has 4 rings (SSSR count). The lowest BCUT2D eigenvalue weighted by Gasteiger charge is -2.30. The molecule has 0 atom stereocenters. The summed E-state index contributed by atoms with van der Waals surface area (Å²) >= 11 is 0. The average molecular weight is 557 g/mol. The van der Waals surface area contributed by atoms with Gasteiger partial charge >= 0.3 is 6.09 Å². The van der Waals surface area contributed by atoms with Crippen LogP contribution in [0.25, 0.3) is 22.4 Å². The van der Waals surface area contributed by atoms with E-state index < -0.39 is 5.60 Å². The number of carbonyl (C=O) groups excluding carboxylic acids is 1. The standard InChI is InChI=1S/C33H40N4O4/c1-21(2)37(32(38)41-33(4,5)6)20-23-9-15-26(16-10-23)34-31-18-28(35-36-31)25-13-11-24(12-14-25)27-17-22(3)29(39-7)19-30(27)40-8/h9-19,21H,20H2,1-8H3,(H2,34,35,36). The molecule has 4 aromatic rings. The predicted octanol–water partition coefficient (Wildman–Crippen LogP) is 7.96. The monoisotopic (exact) mass is 556 g/mol. The number of H-pyrrole nitrogens is 1. The zero-order valence-corrected chi connectivity index (χ0v) is 25.2. The van der Waals surface area contributed by atoms with Gasteiger partial charge in [0.1, 0.15) is 17.1 Å². The van der Waals surface area contributed by atoms with Crippen LogP contribution >= 0.6 is 0 Å². The second-order valence-corrected chi connectivity index (χ2v) is 11.3. The second kappa shape index (κ2) is 12.4. The molecule has 41 heavy (non-hydrogen) atoms. The molecule has 3 aromatic carbocycles. The van der Waals surface area contributed by atoms with Gasteiger partial charge in [0.05, 0.1) is 19.9 Å². The number of carbonyl (C=O) groups is 1. The van der Waals surface area contributed by atoms with Crippen molar-refractivity contribution in [2.75, 3.05) is 19.5 Å². The number of nitrogens with one attached hydrogen (secondary N) is 2. The molecule has 0 aliphatic rings. The highest BCUT2D eigenvalue weighted by Crippen LogP contribution is 2.36. The Morgan fingerprint density at radius 2 is 1.56 bits per heavy atom. The van der Waals surface area contributed by atoms with Crippen molar-refractivity contribution < 1.29 is 19.0 Å². The quantitative estimate of drug-likeness (QED) is 0.217. The number of nitrogens with zero attached hydrogens (tertiary/aromatic N) is 2. The smallest absolute Gasteiger partial charge is 0.410 e. The SMILES string of the molecule is COc1cc(OC)c(-c2ccc(-c3cc(Nc4ccc(CN(C(=O)OC(C)(C)C)C(C)C)cc4)n[nH]3)cc2)cc1C. The number of ether oxygens (including phenoxy) is 3. The van der Waals surface area contributed by atoms with Gasteiger partial charge in [0.15, 0.2) is 5.82 Å². The minimum absolute atomic E-state index is 0.0153. The van der Waals surface area contributed by atoms with Crippen LogP contribution in [0, 0.1) is 6.92 Å². The number of anilines is 2. The van der Waals surface area contributed by atoms with E-state index in [1.54, 1.807) is 19.1 Å². The third-order valence-corrected chi connectivity index (χ3v) is 6.63. The van der Waals surface area contributed by atoms with Crippen LogP contribution < -0.4 is 14.8 Å². The van der Waals surface area contributed by atoms with Gasteiger partial charge in [0.2, 0.25) is 0 Å². The molecule has 0 aliphatic carbocycles. The lowest BCUT2D eigenvalue weighted by atomic mass is 9.99. The van der Waals surface area contributed by atoms with Crippen molar-refractivity contribution in [3.63, 3.8) is 0 Å². The van der Waals surface area contributed by atoms with Gasteiger partial charge in [-0.1, -0.05) is 36.4 Å². The number of amides is 1. The second-order valence-electron chi connectivity index (χ2n) is 11.3. The van der Waals surface area contributed by atoms with Crippen molar-refractivity contribution in [3.8, 4) is 33.9 Å².